The molecule has 0 saturated carbocycles. The highest BCUT2D eigenvalue weighted by atomic mass is 79.9. The normalized spacial score (nSPS) is 16.1. The Bertz CT molecular complexity index is 488. The summed E-state index contributed by atoms with van der Waals surface area (Å²) in [6.45, 7) is 3.46. The van der Waals surface area contributed by atoms with Crippen LogP contribution >= 0.6 is 15.9 Å². The van der Waals surface area contributed by atoms with Crippen LogP contribution in [0.1, 0.15) is 18.4 Å². The molecule has 6 nitrogen and oxygen atoms in total. The first kappa shape index (κ1) is 15.2. The van der Waals surface area contributed by atoms with Crippen LogP contribution < -0.4 is 4.74 Å². The number of benzene rings is 1. The van der Waals surface area contributed by atoms with Gasteiger partial charge in [0, 0.05) is 17.0 Å². The predicted molar refractivity (Wildman–Crippen MR) is 76.0 cm³/mol. The summed E-state index contributed by atoms with van der Waals surface area (Å²) < 4.78 is 17.0. The molecule has 1 saturated heterocycles. The predicted octanol–water partition coefficient (Wildman–Crippen LogP) is 3.20. The third-order valence-corrected chi connectivity index (χ3v) is 3.37. The van der Waals surface area contributed by atoms with Crippen molar-refractivity contribution in [1.82, 2.24) is 0 Å². The zero-order valence-electron chi connectivity index (χ0n) is 11.1. The summed E-state index contributed by atoms with van der Waals surface area (Å²) in [5, 5.41) is 11.0. The Morgan fingerprint density at radius 2 is 2.15 bits per heavy atom. The highest BCUT2D eigenvalue weighted by molar-refractivity contribution is 9.10. The van der Waals surface area contributed by atoms with Crippen LogP contribution in [0.2, 0.25) is 0 Å². The van der Waals surface area contributed by atoms with Crippen LogP contribution in [-0.4, -0.2) is 31.0 Å². The number of ether oxygens (including phenoxy) is 3. The summed E-state index contributed by atoms with van der Waals surface area (Å²) in [5.74, 6) is 0.300. The molecule has 7 heteroatoms. The number of rotatable bonds is 5. The van der Waals surface area contributed by atoms with Gasteiger partial charge in [0.2, 0.25) is 0 Å². The Kier molecular flexibility index (Phi) is 5.33. The van der Waals surface area contributed by atoms with Gasteiger partial charge in [0.25, 0.3) is 0 Å². The fourth-order valence-electron chi connectivity index (χ4n) is 2.00. The summed E-state index contributed by atoms with van der Waals surface area (Å²) in [6, 6.07) is 3.23. The minimum Gasteiger partial charge on any atom is -0.486 e. The lowest BCUT2D eigenvalue weighted by Crippen LogP contribution is -2.26. The van der Waals surface area contributed by atoms with E-state index in [4.69, 9.17) is 14.2 Å². The largest absolute Gasteiger partial charge is 0.486 e. The minimum atomic E-state index is -0.444. The first-order valence-electron chi connectivity index (χ1n) is 6.38. The Morgan fingerprint density at radius 3 is 2.80 bits per heavy atom. The van der Waals surface area contributed by atoms with Crippen LogP contribution in [-0.2, 0) is 9.47 Å². The van der Waals surface area contributed by atoms with Crippen LogP contribution in [0.4, 0.5) is 5.69 Å². The zero-order valence-corrected chi connectivity index (χ0v) is 12.7. The Balaban J connectivity index is 1.99. The van der Waals surface area contributed by atoms with Crippen LogP contribution in [0.15, 0.2) is 16.6 Å². The summed E-state index contributed by atoms with van der Waals surface area (Å²) in [7, 11) is 0. The van der Waals surface area contributed by atoms with Crippen molar-refractivity contribution in [3.05, 3.63) is 32.3 Å². The second-order valence-corrected chi connectivity index (χ2v) is 5.41. The van der Waals surface area contributed by atoms with E-state index in [0.29, 0.717) is 36.5 Å². The first-order valence-corrected chi connectivity index (χ1v) is 7.18. The van der Waals surface area contributed by atoms with Crippen molar-refractivity contribution in [2.75, 3.05) is 19.8 Å². The fraction of sp³-hybridized carbons (Fsp3) is 0.538. The molecule has 1 aliphatic rings. The van der Waals surface area contributed by atoms with Gasteiger partial charge in [-0.25, -0.2) is 0 Å². The minimum absolute atomic E-state index is 0.0395. The van der Waals surface area contributed by atoms with E-state index in [2.05, 4.69) is 15.9 Å². The summed E-state index contributed by atoms with van der Waals surface area (Å²) >= 11 is 3.25. The molecule has 0 radical (unpaired) electrons. The average molecular weight is 346 g/mol. The van der Waals surface area contributed by atoms with Gasteiger partial charge in [0.05, 0.1) is 24.7 Å². The first-order chi connectivity index (χ1) is 9.58. The zero-order chi connectivity index (χ0) is 14.5. The number of nitrogens with zero attached hydrogens (tertiary/aromatic N) is 1. The maximum Gasteiger partial charge on any atom is 0.312 e. The van der Waals surface area contributed by atoms with Gasteiger partial charge in [-0.15, -0.1) is 0 Å². The molecule has 1 aromatic carbocycles. The van der Waals surface area contributed by atoms with Gasteiger partial charge in [0.15, 0.2) is 12.0 Å². The third-order valence-electron chi connectivity index (χ3n) is 2.91. The second-order valence-electron chi connectivity index (χ2n) is 4.49. The van der Waals surface area contributed by atoms with Crippen molar-refractivity contribution in [1.29, 1.82) is 0 Å². The van der Waals surface area contributed by atoms with Crippen molar-refractivity contribution < 1.29 is 19.1 Å². The van der Waals surface area contributed by atoms with Crippen LogP contribution in [0.3, 0.4) is 0 Å². The van der Waals surface area contributed by atoms with E-state index in [1.54, 1.807) is 13.0 Å². The highest BCUT2D eigenvalue weighted by Crippen LogP contribution is 2.34. The average Bonchev–Trinajstić information content (AvgIpc) is 2.41. The van der Waals surface area contributed by atoms with Gasteiger partial charge in [0.1, 0.15) is 0 Å². The lowest BCUT2D eigenvalue weighted by Gasteiger charge is -2.23. The van der Waals surface area contributed by atoms with Crippen molar-refractivity contribution in [2.45, 2.75) is 26.1 Å². The highest BCUT2D eigenvalue weighted by Gasteiger charge is 2.20. The number of aryl methyl sites for hydroxylation is 1. The molecule has 1 aromatic rings. The molecule has 1 fully saturated rings. The van der Waals surface area contributed by atoms with E-state index < -0.39 is 4.92 Å². The monoisotopic (exact) mass is 345 g/mol. The van der Waals surface area contributed by atoms with Crippen LogP contribution in [0.25, 0.3) is 0 Å². The Morgan fingerprint density at radius 1 is 1.45 bits per heavy atom. The number of hydrogen-bond acceptors (Lipinski definition) is 5. The maximum absolute atomic E-state index is 11.0. The van der Waals surface area contributed by atoms with Gasteiger partial charge in [-0.2, -0.15) is 0 Å². The Hall–Kier alpha value is -1.18. The molecule has 0 aromatic heterocycles. The van der Waals surface area contributed by atoms with Crippen molar-refractivity contribution in [3.8, 4) is 5.75 Å². The van der Waals surface area contributed by atoms with Crippen molar-refractivity contribution in [2.24, 2.45) is 0 Å². The topological polar surface area (TPSA) is 70.8 Å². The van der Waals surface area contributed by atoms with E-state index in [9.17, 15) is 10.1 Å². The molecule has 0 bridgehead atoms. The van der Waals surface area contributed by atoms with Gasteiger partial charge >= 0.3 is 5.69 Å². The van der Waals surface area contributed by atoms with Crippen molar-refractivity contribution in [3.63, 3.8) is 0 Å². The molecule has 0 aliphatic carbocycles. The number of nitro groups is 1. The molecule has 0 amide bonds. The van der Waals surface area contributed by atoms with Crippen molar-refractivity contribution >= 4 is 21.6 Å². The Labute approximate surface area is 125 Å². The molecule has 0 atom stereocenters. The summed E-state index contributed by atoms with van der Waals surface area (Å²) in [5.41, 5.74) is 0.680. The number of halogens is 1. The maximum atomic E-state index is 11.0. The summed E-state index contributed by atoms with van der Waals surface area (Å²) in [4.78, 5) is 10.6. The third kappa shape index (κ3) is 3.91. The van der Waals surface area contributed by atoms with E-state index in [1.165, 1.54) is 6.07 Å². The van der Waals surface area contributed by atoms with E-state index >= 15 is 0 Å². The molecule has 0 spiro atoms. The molecule has 20 heavy (non-hydrogen) atoms. The van der Waals surface area contributed by atoms with E-state index in [1.807, 2.05) is 0 Å². The lowest BCUT2D eigenvalue weighted by atomic mass is 10.2. The van der Waals surface area contributed by atoms with E-state index in [-0.39, 0.29) is 12.0 Å². The molecule has 0 unspecified atom stereocenters. The standard InChI is InChI=1S/C13H16BrNO5/c1-9-7-10(14)8-11(15(16)17)13(9)20-6-3-12-18-4-2-5-19-12/h7-8,12H,2-6H2,1H3. The second kappa shape index (κ2) is 7.01. The molecular weight excluding hydrogens is 330 g/mol. The summed E-state index contributed by atoms with van der Waals surface area (Å²) in [6.07, 6.45) is 1.17. The smallest absolute Gasteiger partial charge is 0.312 e. The van der Waals surface area contributed by atoms with Gasteiger partial charge in [-0.05, 0) is 25.0 Å². The molecule has 0 N–H and O–H groups in total. The molecule has 110 valence electrons. The van der Waals surface area contributed by atoms with Gasteiger partial charge in [-0.1, -0.05) is 15.9 Å². The number of nitro benzene ring substituents is 1. The molecule has 1 heterocycles. The quantitative estimate of drug-likeness (QED) is 0.605. The molecular formula is C13H16BrNO5. The van der Waals surface area contributed by atoms with Crippen LogP contribution in [0, 0.1) is 17.0 Å². The van der Waals surface area contributed by atoms with Crippen LogP contribution in [0.5, 0.6) is 5.75 Å². The fourth-order valence-corrected chi connectivity index (χ4v) is 2.56. The molecule has 2 rings (SSSR count). The van der Waals surface area contributed by atoms with Gasteiger partial charge < -0.3 is 14.2 Å². The molecule has 1 aliphatic heterocycles. The lowest BCUT2D eigenvalue weighted by molar-refractivity contribution is -0.386. The van der Waals surface area contributed by atoms with E-state index in [0.717, 1.165) is 12.0 Å². The number of hydrogen-bond donors (Lipinski definition) is 0. The van der Waals surface area contributed by atoms with Gasteiger partial charge in [-0.3, -0.25) is 10.1 Å². The SMILES string of the molecule is Cc1cc(Br)cc([N+](=O)[O-])c1OCCC1OCCCO1.